The standard InChI is InChI=1S/C11H13ClN2/c1-14(2)11(12)9-7-13-10-6-4-3-5-8(9)10/h3-7,11,13H,1-2H3. The Hall–Kier alpha value is -0.990. The summed E-state index contributed by atoms with van der Waals surface area (Å²) in [6.07, 6.45) is 1.97. The molecule has 1 aromatic heterocycles. The van der Waals surface area contributed by atoms with Gasteiger partial charge in [-0.1, -0.05) is 18.2 Å². The molecule has 74 valence electrons. The van der Waals surface area contributed by atoms with Gasteiger partial charge in [-0.05, 0) is 20.2 Å². The summed E-state index contributed by atoms with van der Waals surface area (Å²) in [6, 6.07) is 8.18. The Morgan fingerprint density at radius 2 is 2.00 bits per heavy atom. The number of aromatic amines is 1. The molecule has 3 heteroatoms. The molecule has 0 fully saturated rings. The zero-order valence-corrected chi connectivity index (χ0v) is 9.05. The van der Waals surface area contributed by atoms with E-state index < -0.39 is 0 Å². The molecule has 1 unspecified atom stereocenters. The van der Waals surface area contributed by atoms with Gasteiger partial charge >= 0.3 is 0 Å². The van der Waals surface area contributed by atoms with Crippen LogP contribution in [0.15, 0.2) is 30.5 Å². The summed E-state index contributed by atoms with van der Waals surface area (Å²) in [5.41, 5.74) is 2.19. The fraction of sp³-hybridized carbons (Fsp3) is 0.273. The van der Waals surface area contributed by atoms with Crippen molar-refractivity contribution in [1.29, 1.82) is 0 Å². The van der Waals surface area contributed by atoms with Crippen LogP contribution in [0.25, 0.3) is 10.9 Å². The monoisotopic (exact) mass is 208 g/mol. The first kappa shape index (κ1) is 9.56. The van der Waals surface area contributed by atoms with Gasteiger partial charge in [0, 0.05) is 22.7 Å². The lowest BCUT2D eigenvalue weighted by Gasteiger charge is -2.16. The highest BCUT2D eigenvalue weighted by molar-refractivity contribution is 6.21. The minimum Gasteiger partial charge on any atom is -0.361 e. The molecule has 0 amide bonds. The van der Waals surface area contributed by atoms with E-state index in [4.69, 9.17) is 11.6 Å². The van der Waals surface area contributed by atoms with Gasteiger partial charge in [0.2, 0.25) is 0 Å². The number of rotatable bonds is 2. The topological polar surface area (TPSA) is 19.0 Å². The molecule has 0 spiro atoms. The third-order valence-electron chi connectivity index (χ3n) is 2.33. The molecule has 0 radical (unpaired) electrons. The highest BCUT2D eigenvalue weighted by atomic mass is 35.5. The first-order valence-electron chi connectivity index (χ1n) is 4.56. The number of benzene rings is 1. The summed E-state index contributed by atoms with van der Waals surface area (Å²) in [5.74, 6) is 0. The van der Waals surface area contributed by atoms with Crippen LogP contribution in [0.2, 0.25) is 0 Å². The number of hydrogen-bond donors (Lipinski definition) is 1. The number of H-pyrrole nitrogens is 1. The minimum atomic E-state index is -0.0776. The second-order valence-corrected chi connectivity index (χ2v) is 4.00. The van der Waals surface area contributed by atoms with Crippen LogP contribution in [-0.2, 0) is 0 Å². The average molecular weight is 209 g/mol. The van der Waals surface area contributed by atoms with E-state index in [1.807, 2.05) is 37.3 Å². The van der Waals surface area contributed by atoms with Gasteiger partial charge in [0.25, 0.3) is 0 Å². The summed E-state index contributed by atoms with van der Waals surface area (Å²) < 4.78 is 0. The van der Waals surface area contributed by atoms with E-state index in [1.54, 1.807) is 0 Å². The zero-order chi connectivity index (χ0) is 10.1. The molecule has 0 aliphatic rings. The first-order chi connectivity index (χ1) is 6.70. The van der Waals surface area contributed by atoms with Gasteiger partial charge < -0.3 is 4.98 Å². The zero-order valence-electron chi connectivity index (χ0n) is 8.29. The van der Waals surface area contributed by atoms with Gasteiger partial charge in [-0.25, -0.2) is 0 Å². The summed E-state index contributed by atoms with van der Waals surface area (Å²) in [5, 5.41) is 1.20. The molecule has 0 saturated heterocycles. The van der Waals surface area contributed by atoms with E-state index >= 15 is 0 Å². The second kappa shape index (κ2) is 3.64. The van der Waals surface area contributed by atoms with Crippen molar-refractivity contribution >= 4 is 22.5 Å². The SMILES string of the molecule is CN(C)C(Cl)c1c[nH]c2ccccc12. The van der Waals surface area contributed by atoms with Crippen LogP contribution in [0.3, 0.4) is 0 Å². The number of halogens is 1. The number of alkyl halides is 1. The second-order valence-electron chi connectivity index (χ2n) is 3.59. The molecule has 1 aromatic carbocycles. The largest absolute Gasteiger partial charge is 0.361 e. The number of nitrogens with zero attached hydrogens (tertiary/aromatic N) is 1. The lowest BCUT2D eigenvalue weighted by Crippen LogP contribution is -2.14. The predicted molar refractivity (Wildman–Crippen MR) is 60.6 cm³/mol. The van der Waals surface area contributed by atoms with Gasteiger partial charge in [0.1, 0.15) is 5.50 Å². The van der Waals surface area contributed by atoms with Crippen molar-refractivity contribution in [2.24, 2.45) is 0 Å². The molecule has 0 saturated carbocycles. The molecular weight excluding hydrogens is 196 g/mol. The number of para-hydroxylation sites is 1. The highest BCUT2D eigenvalue weighted by Gasteiger charge is 2.14. The molecule has 1 N–H and O–H groups in total. The first-order valence-corrected chi connectivity index (χ1v) is 5.00. The number of nitrogens with one attached hydrogen (secondary N) is 1. The Labute approximate surface area is 88.5 Å². The summed E-state index contributed by atoms with van der Waals surface area (Å²) >= 11 is 6.27. The Bertz CT molecular complexity index is 434. The maximum atomic E-state index is 6.27. The molecule has 1 atom stereocenters. The van der Waals surface area contributed by atoms with Crippen molar-refractivity contribution in [2.45, 2.75) is 5.50 Å². The summed E-state index contributed by atoms with van der Waals surface area (Å²) in [7, 11) is 3.94. The lowest BCUT2D eigenvalue weighted by atomic mass is 10.1. The average Bonchev–Trinajstić information content (AvgIpc) is 2.60. The van der Waals surface area contributed by atoms with Gasteiger partial charge in [-0.15, -0.1) is 11.6 Å². The van der Waals surface area contributed by atoms with Gasteiger partial charge in [0.05, 0.1) is 0 Å². The van der Waals surface area contributed by atoms with E-state index in [1.165, 1.54) is 5.39 Å². The van der Waals surface area contributed by atoms with Gasteiger partial charge in [0.15, 0.2) is 0 Å². The molecule has 2 nitrogen and oxygen atoms in total. The quantitative estimate of drug-likeness (QED) is 0.594. The highest BCUT2D eigenvalue weighted by Crippen LogP contribution is 2.29. The molecule has 1 heterocycles. The predicted octanol–water partition coefficient (Wildman–Crippen LogP) is 2.97. The van der Waals surface area contributed by atoms with E-state index in [2.05, 4.69) is 17.1 Å². The Kier molecular flexibility index (Phi) is 2.48. The maximum absolute atomic E-state index is 6.27. The molecular formula is C11H13ClN2. The van der Waals surface area contributed by atoms with Crippen LogP contribution in [0.5, 0.6) is 0 Å². The maximum Gasteiger partial charge on any atom is 0.112 e. The van der Waals surface area contributed by atoms with Gasteiger partial charge in [-0.2, -0.15) is 0 Å². The Morgan fingerprint density at radius 1 is 1.29 bits per heavy atom. The number of aromatic nitrogens is 1. The van der Waals surface area contributed by atoms with Crippen molar-refractivity contribution in [3.05, 3.63) is 36.0 Å². The van der Waals surface area contributed by atoms with Crippen molar-refractivity contribution < 1.29 is 0 Å². The van der Waals surface area contributed by atoms with Crippen molar-refractivity contribution in [1.82, 2.24) is 9.88 Å². The van der Waals surface area contributed by atoms with Crippen molar-refractivity contribution in [3.8, 4) is 0 Å². The fourth-order valence-corrected chi connectivity index (χ4v) is 1.75. The van der Waals surface area contributed by atoms with E-state index in [0.29, 0.717) is 0 Å². The van der Waals surface area contributed by atoms with E-state index in [0.717, 1.165) is 11.1 Å². The molecule has 0 aliphatic carbocycles. The molecule has 14 heavy (non-hydrogen) atoms. The molecule has 0 aliphatic heterocycles. The van der Waals surface area contributed by atoms with Crippen molar-refractivity contribution in [2.75, 3.05) is 14.1 Å². The molecule has 2 aromatic rings. The third kappa shape index (κ3) is 1.51. The third-order valence-corrected chi connectivity index (χ3v) is 2.96. The van der Waals surface area contributed by atoms with E-state index in [-0.39, 0.29) is 5.50 Å². The van der Waals surface area contributed by atoms with Crippen LogP contribution in [0, 0.1) is 0 Å². The Balaban J connectivity index is 2.53. The normalized spacial score (nSPS) is 13.7. The summed E-state index contributed by atoms with van der Waals surface area (Å²) in [4.78, 5) is 5.20. The smallest absolute Gasteiger partial charge is 0.112 e. The van der Waals surface area contributed by atoms with Crippen LogP contribution in [0.4, 0.5) is 0 Å². The number of hydrogen-bond acceptors (Lipinski definition) is 1. The fourth-order valence-electron chi connectivity index (χ4n) is 1.57. The van der Waals surface area contributed by atoms with Crippen LogP contribution >= 0.6 is 11.6 Å². The summed E-state index contributed by atoms with van der Waals surface area (Å²) in [6.45, 7) is 0. The molecule has 2 rings (SSSR count). The van der Waals surface area contributed by atoms with Gasteiger partial charge in [-0.3, -0.25) is 4.90 Å². The molecule has 0 bridgehead atoms. The van der Waals surface area contributed by atoms with Crippen LogP contribution < -0.4 is 0 Å². The van der Waals surface area contributed by atoms with Crippen LogP contribution in [0.1, 0.15) is 11.1 Å². The van der Waals surface area contributed by atoms with Crippen molar-refractivity contribution in [3.63, 3.8) is 0 Å². The van der Waals surface area contributed by atoms with E-state index in [9.17, 15) is 0 Å². The minimum absolute atomic E-state index is 0.0776. The lowest BCUT2D eigenvalue weighted by molar-refractivity contribution is 0.386. The Morgan fingerprint density at radius 3 is 2.71 bits per heavy atom. The number of fused-ring (bicyclic) bond motifs is 1. The van der Waals surface area contributed by atoms with Crippen LogP contribution in [-0.4, -0.2) is 24.0 Å².